The second kappa shape index (κ2) is 5.98. The van der Waals surface area contributed by atoms with Crippen molar-refractivity contribution in [2.75, 3.05) is 7.05 Å². The summed E-state index contributed by atoms with van der Waals surface area (Å²) in [4.78, 5) is 4.30. The van der Waals surface area contributed by atoms with E-state index in [1.54, 1.807) is 6.20 Å². The summed E-state index contributed by atoms with van der Waals surface area (Å²) >= 11 is 3.42. The van der Waals surface area contributed by atoms with Crippen LogP contribution in [0.2, 0.25) is 0 Å². The van der Waals surface area contributed by atoms with E-state index in [0.29, 0.717) is 5.88 Å². The number of ether oxygens (including phenoxy) is 1. The highest BCUT2D eigenvalue weighted by Crippen LogP contribution is 2.28. The molecule has 1 heterocycles. The highest BCUT2D eigenvalue weighted by Gasteiger charge is 2.11. The van der Waals surface area contributed by atoms with Gasteiger partial charge in [0.2, 0.25) is 5.88 Å². The van der Waals surface area contributed by atoms with Gasteiger partial charge in [-0.25, -0.2) is 4.98 Å². The number of hydrogen-bond donors (Lipinski definition) is 1. The number of nitrogens with one attached hydrogen (secondary N) is 1. The van der Waals surface area contributed by atoms with Crippen LogP contribution in [0.15, 0.2) is 47.1 Å². The lowest BCUT2D eigenvalue weighted by atomic mass is 10.1. The maximum absolute atomic E-state index is 5.83. The van der Waals surface area contributed by atoms with Crippen LogP contribution in [0.4, 0.5) is 0 Å². The van der Waals surface area contributed by atoms with E-state index in [4.69, 9.17) is 4.74 Å². The lowest BCUT2D eigenvalue weighted by Crippen LogP contribution is -2.13. The van der Waals surface area contributed by atoms with Gasteiger partial charge in [-0.1, -0.05) is 28.1 Å². The number of rotatable bonds is 4. The third kappa shape index (κ3) is 3.09. The Kier molecular flexibility index (Phi) is 4.33. The first kappa shape index (κ1) is 13.1. The molecule has 0 aliphatic heterocycles. The molecule has 3 nitrogen and oxygen atoms in total. The van der Waals surface area contributed by atoms with Crippen LogP contribution in [-0.2, 0) is 0 Å². The standard InChI is InChI=1S/C14H15BrN2O/c1-10(16-2)13-7-4-8-17-14(13)18-12-6-3-5-11(15)9-12/h3-10,16H,1-2H3. The summed E-state index contributed by atoms with van der Waals surface area (Å²) in [7, 11) is 1.92. The maximum atomic E-state index is 5.83. The molecule has 18 heavy (non-hydrogen) atoms. The zero-order valence-electron chi connectivity index (χ0n) is 10.4. The molecule has 0 radical (unpaired) electrons. The van der Waals surface area contributed by atoms with Crippen molar-refractivity contribution in [3.8, 4) is 11.6 Å². The van der Waals surface area contributed by atoms with Crippen molar-refractivity contribution in [1.82, 2.24) is 10.3 Å². The molecule has 94 valence electrons. The van der Waals surface area contributed by atoms with Crippen LogP contribution in [0.3, 0.4) is 0 Å². The van der Waals surface area contributed by atoms with Gasteiger partial charge in [-0.05, 0) is 38.2 Å². The predicted molar refractivity (Wildman–Crippen MR) is 75.9 cm³/mol. The van der Waals surface area contributed by atoms with E-state index in [0.717, 1.165) is 15.8 Å². The van der Waals surface area contributed by atoms with Crippen LogP contribution in [0.1, 0.15) is 18.5 Å². The Bertz CT molecular complexity index is 531. The number of nitrogens with zero attached hydrogens (tertiary/aromatic N) is 1. The Morgan fingerprint density at radius 1 is 1.28 bits per heavy atom. The molecule has 0 spiro atoms. The normalized spacial score (nSPS) is 12.2. The largest absolute Gasteiger partial charge is 0.439 e. The van der Waals surface area contributed by atoms with Gasteiger partial charge >= 0.3 is 0 Å². The highest BCUT2D eigenvalue weighted by atomic mass is 79.9. The molecule has 1 unspecified atom stereocenters. The third-order valence-corrected chi connectivity index (χ3v) is 3.20. The van der Waals surface area contributed by atoms with Crippen LogP contribution in [0, 0.1) is 0 Å². The zero-order valence-corrected chi connectivity index (χ0v) is 11.9. The average molecular weight is 307 g/mol. The van der Waals surface area contributed by atoms with Gasteiger partial charge in [0.25, 0.3) is 0 Å². The van der Waals surface area contributed by atoms with Crippen LogP contribution in [0.25, 0.3) is 0 Å². The molecule has 1 N–H and O–H groups in total. The van der Waals surface area contributed by atoms with E-state index >= 15 is 0 Å². The highest BCUT2D eigenvalue weighted by molar-refractivity contribution is 9.10. The fourth-order valence-corrected chi connectivity index (χ4v) is 1.99. The predicted octanol–water partition coefficient (Wildman–Crippen LogP) is 3.92. The van der Waals surface area contributed by atoms with Crippen molar-refractivity contribution < 1.29 is 4.74 Å². The summed E-state index contributed by atoms with van der Waals surface area (Å²) < 4.78 is 6.82. The second-order valence-corrected chi connectivity index (χ2v) is 4.88. The van der Waals surface area contributed by atoms with Crippen molar-refractivity contribution in [3.05, 3.63) is 52.6 Å². The van der Waals surface area contributed by atoms with Gasteiger partial charge in [0.05, 0.1) is 0 Å². The Morgan fingerprint density at radius 2 is 2.11 bits per heavy atom. The van der Waals surface area contributed by atoms with Crippen LogP contribution in [0.5, 0.6) is 11.6 Å². The van der Waals surface area contributed by atoms with E-state index in [9.17, 15) is 0 Å². The minimum Gasteiger partial charge on any atom is -0.439 e. The summed E-state index contributed by atoms with van der Waals surface area (Å²) in [6.07, 6.45) is 1.74. The van der Waals surface area contributed by atoms with Crippen LogP contribution < -0.4 is 10.1 Å². The average Bonchev–Trinajstić information content (AvgIpc) is 2.38. The van der Waals surface area contributed by atoms with Gasteiger partial charge < -0.3 is 10.1 Å². The van der Waals surface area contributed by atoms with Crippen molar-refractivity contribution >= 4 is 15.9 Å². The molecule has 1 aromatic carbocycles. The molecule has 0 bridgehead atoms. The minimum atomic E-state index is 0.195. The molecule has 0 amide bonds. The number of aromatic nitrogens is 1. The molecule has 2 aromatic rings. The molecular formula is C14H15BrN2O. The first-order chi connectivity index (χ1) is 8.70. The van der Waals surface area contributed by atoms with Gasteiger partial charge in [-0.15, -0.1) is 0 Å². The molecular weight excluding hydrogens is 292 g/mol. The summed E-state index contributed by atoms with van der Waals surface area (Å²) in [6.45, 7) is 2.07. The lowest BCUT2D eigenvalue weighted by molar-refractivity contribution is 0.446. The molecule has 2 rings (SSSR count). The lowest BCUT2D eigenvalue weighted by Gasteiger charge is -2.15. The number of halogens is 1. The molecule has 1 atom stereocenters. The monoisotopic (exact) mass is 306 g/mol. The number of hydrogen-bond acceptors (Lipinski definition) is 3. The van der Waals surface area contributed by atoms with Crippen LogP contribution >= 0.6 is 15.9 Å². The first-order valence-electron chi connectivity index (χ1n) is 5.76. The van der Waals surface area contributed by atoms with Crippen molar-refractivity contribution in [1.29, 1.82) is 0 Å². The molecule has 1 aromatic heterocycles. The summed E-state index contributed by atoms with van der Waals surface area (Å²) in [5.41, 5.74) is 1.04. The van der Waals surface area contributed by atoms with Crippen LogP contribution in [-0.4, -0.2) is 12.0 Å². The Morgan fingerprint density at radius 3 is 2.83 bits per heavy atom. The van der Waals surface area contributed by atoms with Crippen molar-refractivity contribution in [3.63, 3.8) is 0 Å². The van der Waals surface area contributed by atoms with E-state index in [1.165, 1.54) is 0 Å². The summed E-state index contributed by atoms with van der Waals surface area (Å²) in [6, 6.07) is 11.8. The molecule has 0 saturated heterocycles. The SMILES string of the molecule is CNC(C)c1cccnc1Oc1cccc(Br)c1. The van der Waals surface area contributed by atoms with Gasteiger partial charge in [0, 0.05) is 22.3 Å². The van der Waals surface area contributed by atoms with E-state index in [2.05, 4.69) is 33.2 Å². The molecule has 0 aliphatic carbocycles. The Balaban J connectivity index is 2.29. The minimum absolute atomic E-state index is 0.195. The van der Waals surface area contributed by atoms with Gasteiger partial charge in [-0.3, -0.25) is 0 Å². The maximum Gasteiger partial charge on any atom is 0.223 e. The smallest absolute Gasteiger partial charge is 0.223 e. The molecule has 0 aliphatic rings. The summed E-state index contributed by atoms with van der Waals surface area (Å²) in [5, 5.41) is 3.19. The number of benzene rings is 1. The van der Waals surface area contributed by atoms with Crippen molar-refractivity contribution in [2.45, 2.75) is 13.0 Å². The second-order valence-electron chi connectivity index (χ2n) is 3.97. The first-order valence-corrected chi connectivity index (χ1v) is 6.55. The summed E-state index contributed by atoms with van der Waals surface area (Å²) in [5.74, 6) is 1.41. The van der Waals surface area contributed by atoms with E-state index in [-0.39, 0.29) is 6.04 Å². The number of pyridine rings is 1. The fourth-order valence-electron chi connectivity index (χ4n) is 1.62. The molecule has 4 heteroatoms. The quantitative estimate of drug-likeness (QED) is 0.929. The van der Waals surface area contributed by atoms with Gasteiger partial charge in [0.15, 0.2) is 0 Å². The topological polar surface area (TPSA) is 34.2 Å². The van der Waals surface area contributed by atoms with E-state index < -0.39 is 0 Å². The van der Waals surface area contributed by atoms with Gasteiger partial charge in [0.1, 0.15) is 5.75 Å². The Hall–Kier alpha value is -1.39. The van der Waals surface area contributed by atoms with Crippen molar-refractivity contribution in [2.24, 2.45) is 0 Å². The Labute approximate surface area is 115 Å². The zero-order chi connectivity index (χ0) is 13.0. The molecule has 0 saturated carbocycles. The third-order valence-electron chi connectivity index (χ3n) is 2.71. The van der Waals surface area contributed by atoms with Gasteiger partial charge in [-0.2, -0.15) is 0 Å². The fraction of sp³-hybridized carbons (Fsp3) is 0.214. The molecule has 0 fully saturated rings. The van der Waals surface area contributed by atoms with E-state index in [1.807, 2.05) is 43.4 Å².